The number of carbonyl (C=O) groups is 1. The summed E-state index contributed by atoms with van der Waals surface area (Å²) in [7, 11) is 0. The molecule has 0 saturated heterocycles. The van der Waals surface area contributed by atoms with Crippen LogP contribution in [0.4, 0.5) is 21.8 Å². The first kappa shape index (κ1) is 15.6. The van der Waals surface area contributed by atoms with Gasteiger partial charge in [-0.25, -0.2) is 4.39 Å². The lowest BCUT2D eigenvalue weighted by atomic mass is 10.1. The van der Waals surface area contributed by atoms with Crippen molar-refractivity contribution in [3.8, 4) is 0 Å². The molecule has 2 heterocycles. The SMILES string of the molecule is Cc1cc(Nc2ccc(NC(=O)Cc3ccccc3F)nn2)no1. The van der Waals surface area contributed by atoms with Crippen LogP contribution in [0.5, 0.6) is 0 Å². The molecular formula is C16H14FN5O2. The number of halogens is 1. The maximum Gasteiger partial charge on any atom is 0.230 e. The summed E-state index contributed by atoms with van der Waals surface area (Å²) in [6, 6.07) is 11.1. The average molecular weight is 327 g/mol. The van der Waals surface area contributed by atoms with E-state index in [0.29, 0.717) is 23.0 Å². The van der Waals surface area contributed by atoms with Gasteiger partial charge in [0.25, 0.3) is 0 Å². The van der Waals surface area contributed by atoms with E-state index in [1.807, 2.05) is 0 Å². The Labute approximate surface area is 136 Å². The summed E-state index contributed by atoms with van der Waals surface area (Å²) < 4.78 is 18.5. The van der Waals surface area contributed by atoms with Crippen LogP contribution in [0, 0.1) is 12.7 Å². The van der Waals surface area contributed by atoms with E-state index in [-0.39, 0.29) is 18.1 Å². The number of aromatic nitrogens is 3. The molecular weight excluding hydrogens is 313 g/mol. The highest BCUT2D eigenvalue weighted by Crippen LogP contribution is 2.15. The zero-order valence-corrected chi connectivity index (χ0v) is 12.8. The molecule has 3 rings (SSSR count). The minimum atomic E-state index is -0.416. The maximum atomic E-state index is 13.5. The zero-order valence-electron chi connectivity index (χ0n) is 12.8. The average Bonchev–Trinajstić information content (AvgIpc) is 2.96. The lowest BCUT2D eigenvalue weighted by Crippen LogP contribution is -2.16. The van der Waals surface area contributed by atoms with Crippen molar-refractivity contribution in [1.82, 2.24) is 15.4 Å². The molecule has 8 heteroatoms. The molecule has 0 aliphatic heterocycles. The van der Waals surface area contributed by atoms with Gasteiger partial charge in [-0.3, -0.25) is 4.79 Å². The Kier molecular flexibility index (Phi) is 4.46. The van der Waals surface area contributed by atoms with Crippen LogP contribution in [-0.4, -0.2) is 21.3 Å². The monoisotopic (exact) mass is 327 g/mol. The highest BCUT2D eigenvalue weighted by Gasteiger charge is 2.09. The Balaban J connectivity index is 1.59. The number of anilines is 3. The van der Waals surface area contributed by atoms with Gasteiger partial charge in [-0.05, 0) is 30.7 Å². The summed E-state index contributed by atoms with van der Waals surface area (Å²) in [4.78, 5) is 11.9. The molecule has 1 amide bonds. The minimum absolute atomic E-state index is 0.0768. The Morgan fingerprint density at radius 3 is 2.54 bits per heavy atom. The highest BCUT2D eigenvalue weighted by molar-refractivity contribution is 5.91. The molecule has 7 nitrogen and oxygen atoms in total. The quantitative estimate of drug-likeness (QED) is 0.748. The molecule has 0 aliphatic carbocycles. The number of hydrogen-bond donors (Lipinski definition) is 2. The van der Waals surface area contributed by atoms with Gasteiger partial charge in [0.2, 0.25) is 5.91 Å². The molecule has 2 aromatic heterocycles. The molecule has 0 atom stereocenters. The predicted octanol–water partition coefficient (Wildman–Crippen LogP) is 2.84. The Hall–Kier alpha value is -3.29. The minimum Gasteiger partial charge on any atom is -0.360 e. The van der Waals surface area contributed by atoms with Crippen molar-refractivity contribution in [2.24, 2.45) is 0 Å². The second-order valence-corrected chi connectivity index (χ2v) is 5.07. The van der Waals surface area contributed by atoms with Gasteiger partial charge in [-0.15, -0.1) is 10.2 Å². The first-order chi connectivity index (χ1) is 11.6. The van der Waals surface area contributed by atoms with E-state index in [2.05, 4.69) is 26.0 Å². The first-order valence-corrected chi connectivity index (χ1v) is 7.17. The normalized spacial score (nSPS) is 10.4. The van der Waals surface area contributed by atoms with Crippen molar-refractivity contribution < 1.29 is 13.7 Å². The van der Waals surface area contributed by atoms with Gasteiger partial charge >= 0.3 is 0 Å². The van der Waals surface area contributed by atoms with Crippen molar-refractivity contribution in [3.63, 3.8) is 0 Å². The Morgan fingerprint density at radius 2 is 1.88 bits per heavy atom. The summed E-state index contributed by atoms with van der Waals surface area (Å²) in [5, 5.41) is 17.1. The van der Waals surface area contributed by atoms with Crippen LogP contribution in [0.1, 0.15) is 11.3 Å². The van der Waals surface area contributed by atoms with Crippen LogP contribution in [0.2, 0.25) is 0 Å². The lowest BCUT2D eigenvalue weighted by Gasteiger charge is -2.06. The van der Waals surface area contributed by atoms with E-state index in [0.717, 1.165) is 0 Å². The van der Waals surface area contributed by atoms with Gasteiger partial charge < -0.3 is 15.2 Å². The van der Waals surface area contributed by atoms with Crippen LogP contribution < -0.4 is 10.6 Å². The number of amides is 1. The molecule has 0 spiro atoms. The zero-order chi connectivity index (χ0) is 16.9. The number of benzene rings is 1. The third-order valence-corrected chi connectivity index (χ3v) is 3.12. The Morgan fingerprint density at radius 1 is 1.12 bits per heavy atom. The standard InChI is InChI=1S/C16H14FN5O2/c1-10-8-15(22-24-10)18-13-6-7-14(21-20-13)19-16(23)9-11-4-2-3-5-12(11)17/h2-8H,9H2,1H3,(H,18,20,22)(H,19,21,23). The summed E-state index contributed by atoms with van der Waals surface area (Å²) >= 11 is 0. The van der Waals surface area contributed by atoms with Gasteiger partial charge in [-0.1, -0.05) is 23.4 Å². The molecule has 0 fully saturated rings. The fourth-order valence-corrected chi connectivity index (χ4v) is 2.02. The topological polar surface area (TPSA) is 92.9 Å². The van der Waals surface area contributed by atoms with E-state index in [4.69, 9.17) is 4.52 Å². The van der Waals surface area contributed by atoms with Crippen LogP contribution in [0.3, 0.4) is 0 Å². The molecule has 0 saturated carbocycles. The molecule has 0 radical (unpaired) electrons. The van der Waals surface area contributed by atoms with E-state index in [1.165, 1.54) is 6.07 Å². The van der Waals surface area contributed by atoms with E-state index < -0.39 is 5.82 Å². The fourth-order valence-electron chi connectivity index (χ4n) is 2.02. The summed E-state index contributed by atoms with van der Waals surface area (Å²) in [5.41, 5.74) is 0.322. The predicted molar refractivity (Wildman–Crippen MR) is 85.3 cm³/mol. The number of carbonyl (C=O) groups excluding carboxylic acids is 1. The van der Waals surface area contributed by atoms with Gasteiger partial charge in [0, 0.05) is 6.07 Å². The van der Waals surface area contributed by atoms with Gasteiger partial charge in [0.15, 0.2) is 17.5 Å². The van der Waals surface area contributed by atoms with Crippen molar-refractivity contribution in [3.05, 3.63) is 59.6 Å². The number of hydrogen-bond acceptors (Lipinski definition) is 6. The summed E-state index contributed by atoms with van der Waals surface area (Å²) in [5.74, 6) is 1.12. The molecule has 24 heavy (non-hydrogen) atoms. The van der Waals surface area contributed by atoms with Crippen molar-refractivity contribution >= 4 is 23.4 Å². The Bertz CT molecular complexity index is 848. The van der Waals surface area contributed by atoms with Crippen molar-refractivity contribution in [1.29, 1.82) is 0 Å². The lowest BCUT2D eigenvalue weighted by molar-refractivity contribution is -0.115. The molecule has 2 N–H and O–H groups in total. The first-order valence-electron chi connectivity index (χ1n) is 7.17. The van der Waals surface area contributed by atoms with Gasteiger partial charge in [0.1, 0.15) is 11.6 Å². The number of rotatable bonds is 5. The number of nitrogens with zero attached hydrogens (tertiary/aromatic N) is 3. The molecule has 0 bridgehead atoms. The molecule has 1 aromatic carbocycles. The summed E-state index contributed by atoms with van der Waals surface area (Å²) in [6.45, 7) is 1.78. The van der Waals surface area contributed by atoms with E-state index in [1.54, 1.807) is 43.3 Å². The van der Waals surface area contributed by atoms with Gasteiger partial charge in [-0.2, -0.15) is 0 Å². The highest BCUT2D eigenvalue weighted by atomic mass is 19.1. The second-order valence-electron chi connectivity index (χ2n) is 5.07. The van der Waals surface area contributed by atoms with Crippen molar-refractivity contribution in [2.45, 2.75) is 13.3 Å². The smallest absolute Gasteiger partial charge is 0.230 e. The van der Waals surface area contributed by atoms with Crippen LogP contribution in [-0.2, 0) is 11.2 Å². The molecule has 0 unspecified atom stereocenters. The maximum absolute atomic E-state index is 13.5. The summed E-state index contributed by atoms with van der Waals surface area (Å²) in [6.07, 6.45) is -0.0768. The molecule has 122 valence electrons. The van der Waals surface area contributed by atoms with Gasteiger partial charge in [0.05, 0.1) is 6.42 Å². The van der Waals surface area contributed by atoms with Crippen LogP contribution >= 0.6 is 0 Å². The van der Waals surface area contributed by atoms with E-state index >= 15 is 0 Å². The van der Waals surface area contributed by atoms with Crippen LogP contribution in [0.25, 0.3) is 0 Å². The van der Waals surface area contributed by atoms with Crippen LogP contribution in [0.15, 0.2) is 47.0 Å². The molecule has 3 aromatic rings. The largest absolute Gasteiger partial charge is 0.360 e. The fraction of sp³-hybridized carbons (Fsp3) is 0.125. The third-order valence-electron chi connectivity index (χ3n) is 3.12. The third kappa shape index (κ3) is 3.92. The number of nitrogens with one attached hydrogen (secondary N) is 2. The second kappa shape index (κ2) is 6.86. The van der Waals surface area contributed by atoms with Crippen molar-refractivity contribution in [2.75, 3.05) is 10.6 Å². The van der Waals surface area contributed by atoms with E-state index in [9.17, 15) is 9.18 Å². The molecule has 0 aliphatic rings. The number of aryl methyl sites for hydroxylation is 1.